The molecule has 1 rings (SSSR count). The van der Waals surface area contributed by atoms with Crippen LogP contribution in [0.2, 0.25) is 0 Å². The Morgan fingerprint density at radius 3 is 2.60 bits per heavy atom. The molecule has 0 bridgehead atoms. The van der Waals surface area contributed by atoms with Crippen LogP contribution in [-0.2, 0) is 0 Å². The van der Waals surface area contributed by atoms with Gasteiger partial charge in [0.05, 0.1) is 4.99 Å². The molecule has 1 aromatic rings. The highest BCUT2D eigenvalue weighted by Gasteiger charge is 2.17. The Balaban J connectivity index is 2.90. The van der Waals surface area contributed by atoms with Crippen LogP contribution in [0, 0.1) is 18.7 Å². The standard InChI is InChI=1S/C15H21FN2OS/c1-10(2)9-18(7-6-14(17)20)15(19)12-4-5-13(16)11(3)8-12/h4-5,8,10H,6-7,9H2,1-3H3,(H2,17,20). The monoisotopic (exact) mass is 296 g/mol. The Labute approximate surface area is 125 Å². The van der Waals surface area contributed by atoms with Crippen molar-refractivity contribution in [1.29, 1.82) is 0 Å². The van der Waals surface area contributed by atoms with Gasteiger partial charge in [-0.15, -0.1) is 0 Å². The highest BCUT2D eigenvalue weighted by molar-refractivity contribution is 7.80. The number of hydrogen-bond acceptors (Lipinski definition) is 2. The number of carbonyl (C=O) groups excluding carboxylic acids is 1. The highest BCUT2D eigenvalue weighted by Crippen LogP contribution is 2.13. The lowest BCUT2D eigenvalue weighted by Gasteiger charge is -2.24. The summed E-state index contributed by atoms with van der Waals surface area (Å²) in [6, 6.07) is 4.41. The Kier molecular flexibility index (Phi) is 6.07. The number of amides is 1. The Morgan fingerprint density at radius 2 is 2.10 bits per heavy atom. The van der Waals surface area contributed by atoms with Crippen molar-refractivity contribution in [2.24, 2.45) is 11.7 Å². The third kappa shape index (κ3) is 4.89. The molecule has 110 valence electrons. The van der Waals surface area contributed by atoms with E-state index in [9.17, 15) is 9.18 Å². The molecule has 0 aromatic heterocycles. The maximum Gasteiger partial charge on any atom is 0.253 e. The molecule has 0 heterocycles. The molecule has 0 aliphatic carbocycles. The van der Waals surface area contributed by atoms with Crippen molar-refractivity contribution in [3.05, 3.63) is 35.1 Å². The first kappa shape index (κ1) is 16.6. The maximum absolute atomic E-state index is 13.3. The number of nitrogens with zero attached hydrogens (tertiary/aromatic N) is 1. The van der Waals surface area contributed by atoms with Crippen molar-refractivity contribution in [2.45, 2.75) is 27.2 Å². The molecule has 1 aromatic carbocycles. The molecule has 0 unspecified atom stereocenters. The van der Waals surface area contributed by atoms with Crippen LogP contribution in [0.25, 0.3) is 0 Å². The summed E-state index contributed by atoms with van der Waals surface area (Å²) < 4.78 is 13.3. The van der Waals surface area contributed by atoms with Gasteiger partial charge in [0.15, 0.2) is 0 Å². The topological polar surface area (TPSA) is 46.3 Å². The van der Waals surface area contributed by atoms with Crippen molar-refractivity contribution in [1.82, 2.24) is 4.90 Å². The number of benzene rings is 1. The van der Waals surface area contributed by atoms with Crippen LogP contribution in [0.1, 0.15) is 36.2 Å². The van der Waals surface area contributed by atoms with E-state index in [1.54, 1.807) is 17.9 Å². The summed E-state index contributed by atoms with van der Waals surface area (Å²) in [6.45, 7) is 6.84. The number of hydrogen-bond donors (Lipinski definition) is 1. The van der Waals surface area contributed by atoms with Crippen molar-refractivity contribution >= 4 is 23.1 Å². The smallest absolute Gasteiger partial charge is 0.253 e. The molecule has 0 radical (unpaired) electrons. The number of halogens is 1. The number of thiocarbonyl (C=S) groups is 1. The summed E-state index contributed by atoms with van der Waals surface area (Å²) >= 11 is 4.86. The maximum atomic E-state index is 13.3. The summed E-state index contributed by atoms with van der Waals surface area (Å²) in [7, 11) is 0. The van der Waals surface area contributed by atoms with Crippen LogP contribution < -0.4 is 5.73 Å². The summed E-state index contributed by atoms with van der Waals surface area (Å²) in [6.07, 6.45) is 0.494. The van der Waals surface area contributed by atoms with Gasteiger partial charge in [-0.2, -0.15) is 0 Å². The highest BCUT2D eigenvalue weighted by atomic mass is 32.1. The fraction of sp³-hybridized carbons (Fsp3) is 0.467. The third-order valence-electron chi connectivity index (χ3n) is 2.91. The minimum absolute atomic E-state index is 0.113. The molecular weight excluding hydrogens is 275 g/mol. The second-order valence-electron chi connectivity index (χ2n) is 5.33. The summed E-state index contributed by atoms with van der Waals surface area (Å²) in [5.74, 6) is -0.0787. The zero-order valence-electron chi connectivity index (χ0n) is 12.1. The van der Waals surface area contributed by atoms with Crippen LogP contribution in [0.3, 0.4) is 0 Å². The Morgan fingerprint density at radius 1 is 1.45 bits per heavy atom. The van der Waals surface area contributed by atoms with Crippen LogP contribution in [0.15, 0.2) is 18.2 Å². The van der Waals surface area contributed by atoms with Crippen LogP contribution in [0.4, 0.5) is 4.39 Å². The fourth-order valence-corrected chi connectivity index (χ4v) is 2.01. The van der Waals surface area contributed by atoms with Gasteiger partial charge in [0.1, 0.15) is 5.82 Å². The number of rotatable bonds is 6. The van der Waals surface area contributed by atoms with Crippen LogP contribution in [-0.4, -0.2) is 28.9 Å². The second kappa shape index (κ2) is 7.33. The van der Waals surface area contributed by atoms with Gasteiger partial charge in [-0.3, -0.25) is 4.79 Å². The van der Waals surface area contributed by atoms with E-state index in [0.29, 0.717) is 41.5 Å². The van der Waals surface area contributed by atoms with Gasteiger partial charge < -0.3 is 10.6 Å². The van der Waals surface area contributed by atoms with Crippen LogP contribution >= 0.6 is 12.2 Å². The molecule has 0 aliphatic rings. The van der Waals surface area contributed by atoms with E-state index < -0.39 is 0 Å². The van der Waals surface area contributed by atoms with Crippen molar-refractivity contribution in [3.63, 3.8) is 0 Å². The molecule has 0 spiro atoms. The molecule has 0 atom stereocenters. The average molecular weight is 296 g/mol. The van der Waals surface area contributed by atoms with E-state index in [1.165, 1.54) is 12.1 Å². The second-order valence-corrected chi connectivity index (χ2v) is 5.85. The minimum atomic E-state index is -0.305. The molecule has 20 heavy (non-hydrogen) atoms. The SMILES string of the molecule is Cc1cc(C(=O)N(CCC(N)=S)CC(C)C)ccc1F. The molecule has 5 heteroatoms. The molecule has 0 saturated heterocycles. The van der Waals surface area contributed by atoms with E-state index in [1.807, 2.05) is 13.8 Å². The molecule has 1 amide bonds. The number of aryl methyl sites for hydroxylation is 1. The Bertz CT molecular complexity index is 503. The quantitative estimate of drug-likeness (QED) is 0.821. The molecular formula is C15H21FN2OS. The number of nitrogens with two attached hydrogens (primary N) is 1. The first-order valence-electron chi connectivity index (χ1n) is 6.65. The zero-order chi connectivity index (χ0) is 15.3. The first-order valence-corrected chi connectivity index (χ1v) is 7.05. The van der Waals surface area contributed by atoms with Gasteiger partial charge in [-0.25, -0.2) is 4.39 Å². The largest absolute Gasteiger partial charge is 0.393 e. The number of carbonyl (C=O) groups is 1. The minimum Gasteiger partial charge on any atom is -0.393 e. The van der Waals surface area contributed by atoms with E-state index in [4.69, 9.17) is 18.0 Å². The molecule has 2 N–H and O–H groups in total. The lowest BCUT2D eigenvalue weighted by atomic mass is 10.1. The fourth-order valence-electron chi connectivity index (χ4n) is 1.92. The van der Waals surface area contributed by atoms with Crippen LogP contribution in [0.5, 0.6) is 0 Å². The Hall–Kier alpha value is -1.49. The summed E-state index contributed by atoms with van der Waals surface area (Å²) in [4.78, 5) is 14.6. The van der Waals surface area contributed by atoms with Gasteiger partial charge >= 0.3 is 0 Å². The summed E-state index contributed by atoms with van der Waals surface area (Å²) in [5.41, 5.74) is 6.46. The predicted octanol–water partition coefficient (Wildman–Crippen LogP) is 2.91. The lowest BCUT2D eigenvalue weighted by molar-refractivity contribution is 0.0741. The summed E-state index contributed by atoms with van der Waals surface area (Å²) in [5, 5.41) is 0. The van der Waals surface area contributed by atoms with Gasteiger partial charge in [0.25, 0.3) is 5.91 Å². The molecule has 3 nitrogen and oxygen atoms in total. The molecule has 0 saturated carbocycles. The average Bonchev–Trinajstić information content (AvgIpc) is 2.36. The van der Waals surface area contributed by atoms with E-state index >= 15 is 0 Å². The van der Waals surface area contributed by atoms with Crippen molar-refractivity contribution in [3.8, 4) is 0 Å². The van der Waals surface area contributed by atoms with E-state index in [2.05, 4.69) is 0 Å². The van der Waals surface area contributed by atoms with E-state index in [0.717, 1.165) is 0 Å². The normalized spacial score (nSPS) is 10.7. The van der Waals surface area contributed by atoms with Gasteiger partial charge in [0.2, 0.25) is 0 Å². The van der Waals surface area contributed by atoms with E-state index in [-0.39, 0.29) is 11.7 Å². The predicted molar refractivity (Wildman–Crippen MR) is 83.3 cm³/mol. The van der Waals surface area contributed by atoms with Crippen molar-refractivity contribution in [2.75, 3.05) is 13.1 Å². The molecule has 0 fully saturated rings. The zero-order valence-corrected chi connectivity index (χ0v) is 13.0. The van der Waals surface area contributed by atoms with Crippen molar-refractivity contribution < 1.29 is 9.18 Å². The van der Waals surface area contributed by atoms with Gasteiger partial charge in [-0.1, -0.05) is 26.1 Å². The van der Waals surface area contributed by atoms with Gasteiger partial charge in [-0.05, 0) is 36.6 Å². The first-order chi connectivity index (χ1) is 9.31. The lowest BCUT2D eigenvalue weighted by Crippen LogP contribution is -2.36. The third-order valence-corrected chi connectivity index (χ3v) is 3.11. The molecule has 0 aliphatic heterocycles. The van der Waals surface area contributed by atoms with Gasteiger partial charge in [0, 0.05) is 25.1 Å².